The molecule has 2 aromatic rings. The molecule has 118 valence electrons. The molecule has 3 heterocycles. The van der Waals surface area contributed by atoms with E-state index in [1.165, 1.54) is 6.26 Å². The van der Waals surface area contributed by atoms with E-state index in [0.717, 1.165) is 29.9 Å². The van der Waals surface area contributed by atoms with Crippen LogP contribution in [0.3, 0.4) is 0 Å². The van der Waals surface area contributed by atoms with E-state index in [9.17, 15) is 8.42 Å². The first-order valence-electron chi connectivity index (χ1n) is 7.33. The van der Waals surface area contributed by atoms with Crippen LogP contribution in [0.2, 0.25) is 0 Å². The predicted octanol–water partition coefficient (Wildman–Crippen LogP) is 1.31. The number of hydrogen-bond acceptors (Lipinski definition) is 4. The molecule has 0 aliphatic carbocycles. The number of aryl methyl sites for hydroxylation is 1. The van der Waals surface area contributed by atoms with Gasteiger partial charge < -0.3 is 0 Å². The van der Waals surface area contributed by atoms with Gasteiger partial charge in [0.1, 0.15) is 0 Å². The van der Waals surface area contributed by atoms with E-state index >= 15 is 0 Å². The second-order valence-corrected chi connectivity index (χ2v) is 7.82. The summed E-state index contributed by atoms with van der Waals surface area (Å²) in [5.41, 5.74) is 2.88. The van der Waals surface area contributed by atoms with Gasteiger partial charge >= 0.3 is 0 Å². The van der Waals surface area contributed by atoms with Gasteiger partial charge in [-0.25, -0.2) is 12.7 Å². The van der Waals surface area contributed by atoms with Crippen LogP contribution in [0, 0.1) is 5.92 Å². The number of sulfonamides is 1. The SMILES string of the molecule is Cn1nccc1-c1cccc(C[C@@H]2CCN(S(C)(=O)=O)C2)n1. The molecule has 0 N–H and O–H groups in total. The number of aromatic nitrogens is 3. The molecule has 0 radical (unpaired) electrons. The topological polar surface area (TPSA) is 68.1 Å². The minimum atomic E-state index is -3.08. The smallest absolute Gasteiger partial charge is 0.211 e. The molecule has 1 fully saturated rings. The molecule has 0 bridgehead atoms. The fourth-order valence-electron chi connectivity index (χ4n) is 2.92. The van der Waals surface area contributed by atoms with Gasteiger partial charge in [0.2, 0.25) is 10.0 Å². The Balaban J connectivity index is 1.73. The van der Waals surface area contributed by atoms with E-state index in [2.05, 4.69) is 5.10 Å². The zero-order valence-electron chi connectivity index (χ0n) is 12.8. The van der Waals surface area contributed by atoms with E-state index in [1.54, 1.807) is 15.2 Å². The van der Waals surface area contributed by atoms with E-state index < -0.39 is 10.0 Å². The molecule has 6 nitrogen and oxygen atoms in total. The molecule has 1 atom stereocenters. The van der Waals surface area contributed by atoms with Gasteiger partial charge in [-0.15, -0.1) is 0 Å². The first-order valence-corrected chi connectivity index (χ1v) is 9.18. The van der Waals surface area contributed by atoms with Crippen LogP contribution >= 0.6 is 0 Å². The Morgan fingerprint density at radius 1 is 1.32 bits per heavy atom. The molecule has 1 aliphatic heterocycles. The van der Waals surface area contributed by atoms with Gasteiger partial charge in [-0.3, -0.25) is 9.67 Å². The van der Waals surface area contributed by atoms with Crippen molar-refractivity contribution in [3.8, 4) is 11.4 Å². The van der Waals surface area contributed by atoms with Crippen LogP contribution < -0.4 is 0 Å². The molecule has 0 spiro atoms. The van der Waals surface area contributed by atoms with Crippen molar-refractivity contribution in [2.75, 3.05) is 19.3 Å². The van der Waals surface area contributed by atoms with Crippen molar-refractivity contribution in [2.24, 2.45) is 13.0 Å². The average molecular weight is 320 g/mol. The van der Waals surface area contributed by atoms with Gasteiger partial charge in [0.25, 0.3) is 0 Å². The molecule has 3 rings (SSSR count). The standard InChI is InChI=1S/C15H20N4O2S/c1-18-15(6-8-16-18)14-5-3-4-13(17-14)10-12-7-9-19(11-12)22(2,20)21/h3-6,8,12H,7,9-11H2,1-2H3/t12-/m0/s1. The lowest BCUT2D eigenvalue weighted by molar-refractivity contribution is 0.459. The summed E-state index contributed by atoms with van der Waals surface area (Å²) in [6.45, 7) is 1.21. The number of rotatable bonds is 4. The van der Waals surface area contributed by atoms with Crippen LogP contribution in [-0.4, -0.2) is 46.8 Å². The van der Waals surface area contributed by atoms with Crippen LogP contribution in [0.1, 0.15) is 12.1 Å². The molecular weight excluding hydrogens is 300 g/mol. The largest absolute Gasteiger partial charge is 0.266 e. The van der Waals surface area contributed by atoms with Crippen LogP contribution in [0.25, 0.3) is 11.4 Å². The van der Waals surface area contributed by atoms with E-state index in [-0.39, 0.29) is 0 Å². The number of pyridine rings is 1. The summed E-state index contributed by atoms with van der Waals surface area (Å²) in [7, 11) is -1.18. The molecule has 2 aromatic heterocycles. The maximum atomic E-state index is 11.6. The third-order valence-electron chi connectivity index (χ3n) is 4.11. The fraction of sp³-hybridized carbons (Fsp3) is 0.467. The molecule has 0 saturated carbocycles. The van der Waals surface area contributed by atoms with Crippen molar-refractivity contribution in [3.63, 3.8) is 0 Å². The third-order valence-corrected chi connectivity index (χ3v) is 5.38. The summed E-state index contributed by atoms with van der Waals surface area (Å²) in [5, 5.41) is 4.17. The molecule has 1 aliphatic rings. The van der Waals surface area contributed by atoms with Gasteiger partial charge in [-0.05, 0) is 37.0 Å². The van der Waals surface area contributed by atoms with Crippen LogP contribution in [0.5, 0.6) is 0 Å². The summed E-state index contributed by atoms with van der Waals surface area (Å²) >= 11 is 0. The van der Waals surface area contributed by atoms with Crippen molar-refractivity contribution >= 4 is 10.0 Å². The highest BCUT2D eigenvalue weighted by atomic mass is 32.2. The summed E-state index contributed by atoms with van der Waals surface area (Å²) in [6, 6.07) is 7.90. The lowest BCUT2D eigenvalue weighted by Gasteiger charge is -2.13. The summed E-state index contributed by atoms with van der Waals surface area (Å²) in [4.78, 5) is 4.70. The summed E-state index contributed by atoms with van der Waals surface area (Å²) in [5.74, 6) is 0.337. The van der Waals surface area contributed by atoms with Crippen molar-refractivity contribution in [2.45, 2.75) is 12.8 Å². The van der Waals surface area contributed by atoms with Gasteiger partial charge in [-0.1, -0.05) is 6.07 Å². The maximum Gasteiger partial charge on any atom is 0.211 e. The van der Waals surface area contributed by atoms with Gasteiger partial charge in [0, 0.05) is 32.0 Å². The third kappa shape index (κ3) is 3.20. The highest BCUT2D eigenvalue weighted by Crippen LogP contribution is 2.23. The Morgan fingerprint density at radius 2 is 2.14 bits per heavy atom. The molecule has 1 saturated heterocycles. The van der Waals surface area contributed by atoms with Crippen molar-refractivity contribution < 1.29 is 8.42 Å². The quantitative estimate of drug-likeness (QED) is 0.852. The number of nitrogens with zero attached hydrogens (tertiary/aromatic N) is 4. The Hall–Kier alpha value is -1.73. The van der Waals surface area contributed by atoms with Gasteiger partial charge in [0.05, 0.1) is 17.6 Å². The van der Waals surface area contributed by atoms with Crippen LogP contribution in [-0.2, 0) is 23.5 Å². The first kappa shape index (κ1) is 15.2. The molecule has 0 amide bonds. The molecular formula is C15H20N4O2S. The number of hydrogen-bond donors (Lipinski definition) is 0. The monoisotopic (exact) mass is 320 g/mol. The lowest BCUT2D eigenvalue weighted by atomic mass is 10.0. The van der Waals surface area contributed by atoms with Gasteiger partial charge in [0.15, 0.2) is 0 Å². The van der Waals surface area contributed by atoms with Crippen LogP contribution in [0.15, 0.2) is 30.5 Å². The Morgan fingerprint density at radius 3 is 2.77 bits per heavy atom. The summed E-state index contributed by atoms with van der Waals surface area (Å²) in [6.07, 6.45) is 4.73. The Bertz CT molecular complexity index is 769. The average Bonchev–Trinajstić information content (AvgIpc) is 3.07. The van der Waals surface area contributed by atoms with E-state index in [0.29, 0.717) is 19.0 Å². The lowest BCUT2D eigenvalue weighted by Crippen LogP contribution is -2.27. The molecule has 22 heavy (non-hydrogen) atoms. The minimum absolute atomic E-state index is 0.337. The Kier molecular flexibility index (Phi) is 4.01. The van der Waals surface area contributed by atoms with Gasteiger partial charge in [-0.2, -0.15) is 5.10 Å². The zero-order valence-corrected chi connectivity index (χ0v) is 13.6. The van der Waals surface area contributed by atoms with Crippen LogP contribution in [0.4, 0.5) is 0 Å². The zero-order chi connectivity index (χ0) is 15.7. The normalized spacial score (nSPS) is 19.6. The molecule has 7 heteroatoms. The Labute approximate surface area is 130 Å². The second kappa shape index (κ2) is 5.81. The van der Waals surface area contributed by atoms with Crippen molar-refractivity contribution in [1.29, 1.82) is 0 Å². The highest BCUT2D eigenvalue weighted by Gasteiger charge is 2.28. The van der Waals surface area contributed by atoms with E-state index in [1.807, 2.05) is 31.3 Å². The predicted molar refractivity (Wildman–Crippen MR) is 84.7 cm³/mol. The van der Waals surface area contributed by atoms with Crippen molar-refractivity contribution in [3.05, 3.63) is 36.2 Å². The summed E-state index contributed by atoms with van der Waals surface area (Å²) < 4.78 is 26.5. The van der Waals surface area contributed by atoms with Crippen molar-refractivity contribution in [1.82, 2.24) is 19.1 Å². The molecule has 0 aromatic carbocycles. The first-order chi connectivity index (χ1) is 10.4. The highest BCUT2D eigenvalue weighted by molar-refractivity contribution is 7.88. The fourth-order valence-corrected chi connectivity index (χ4v) is 3.84. The van der Waals surface area contributed by atoms with E-state index in [4.69, 9.17) is 4.98 Å². The second-order valence-electron chi connectivity index (χ2n) is 5.83. The molecule has 0 unspecified atom stereocenters. The maximum absolute atomic E-state index is 11.6. The minimum Gasteiger partial charge on any atom is -0.266 e.